The Kier molecular flexibility index (Phi) is 8.62. The van der Waals surface area contributed by atoms with E-state index >= 15 is 0 Å². The van der Waals surface area contributed by atoms with Crippen LogP contribution in [-0.4, -0.2) is 94.0 Å². The normalized spacial score (nSPS) is 25.5. The van der Waals surface area contributed by atoms with Gasteiger partial charge in [0.1, 0.15) is 17.5 Å². The number of nitriles is 1. The Morgan fingerprint density at radius 2 is 1.30 bits per heavy atom. The third-order valence-electron chi connectivity index (χ3n) is 11.3. The van der Waals surface area contributed by atoms with Gasteiger partial charge in [-0.25, -0.2) is 0 Å². The van der Waals surface area contributed by atoms with E-state index in [1.165, 1.54) is 7.11 Å². The van der Waals surface area contributed by atoms with Crippen molar-refractivity contribution in [2.24, 2.45) is 5.41 Å². The van der Waals surface area contributed by atoms with Gasteiger partial charge >= 0.3 is 7.12 Å². The Morgan fingerprint density at radius 1 is 0.800 bits per heavy atom. The molecule has 264 valence electrons. The molecule has 2 fully saturated rings. The van der Waals surface area contributed by atoms with Gasteiger partial charge in [0.05, 0.1) is 46.6 Å². The van der Waals surface area contributed by atoms with Crippen molar-refractivity contribution >= 4 is 12.6 Å². The molecule has 7 rings (SSSR count). The van der Waals surface area contributed by atoms with Gasteiger partial charge in [0.25, 0.3) is 0 Å². The van der Waals surface area contributed by atoms with Crippen LogP contribution in [0.3, 0.4) is 0 Å². The number of ether oxygens (including phenoxy) is 4. The SMILES string of the molecule is COc1c(C)c(OC)c2c(c1O)C(c1ccc(B3OCC(C)(C)CO3)cc1)N1[C@@H](C#N)[C@@H]3Cc4c(OC)c(C)c(OC)c(O)c4[C@H]([C@@H]1C2)N3C. The van der Waals surface area contributed by atoms with Crippen molar-refractivity contribution in [3.63, 3.8) is 0 Å². The summed E-state index contributed by atoms with van der Waals surface area (Å²) >= 11 is 0. The number of aromatic hydroxyl groups is 2. The number of benzene rings is 3. The van der Waals surface area contributed by atoms with Crippen LogP contribution < -0.4 is 24.4 Å². The Hall–Kier alpha value is -4.15. The van der Waals surface area contributed by atoms with E-state index in [1.54, 1.807) is 21.3 Å². The molecule has 0 aliphatic carbocycles. The molecule has 3 aromatic rings. The van der Waals surface area contributed by atoms with Crippen LogP contribution in [0.5, 0.6) is 34.5 Å². The molecule has 5 atom stereocenters. The van der Waals surface area contributed by atoms with Crippen LogP contribution in [0.1, 0.15) is 64.9 Å². The number of nitrogens with zero attached hydrogens (tertiary/aromatic N) is 3. The standard InChI is InChI=1S/C38H46BN3O8/c1-19-34(45-6)23-14-25-27(16-40)42-26(31(41(25)5)29(23)33(44)37(19)48-9)15-24-28(32(43)36(47-8)20(2)35(24)46-7)30(42)21-10-12-22(13-11-21)39-49-17-38(3,4)18-50-39/h10-13,25-27,30-31,43-44H,14-15,17-18H2,1-9H3/t25-,26-,27-,30?,31-/m0/s1. The van der Waals surface area contributed by atoms with Gasteiger partial charge in [0, 0.05) is 64.1 Å². The quantitative estimate of drug-likeness (QED) is 0.361. The Morgan fingerprint density at radius 3 is 1.82 bits per heavy atom. The molecule has 0 spiro atoms. The summed E-state index contributed by atoms with van der Waals surface area (Å²) in [5.74, 6) is 2.10. The first-order chi connectivity index (χ1) is 23.9. The molecular formula is C38H46BN3O8. The summed E-state index contributed by atoms with van der Waals surface area (Å²) in [4.78, 5) is 4.45. The van der Waals surface area contributed by atoms with Crippen molar-refractivity contribution in [1.29, 1.82) is 5.26 Å². The molecule has 4 aliphatic rings. The van der Waals surface area contributed by atoms with Gasteiger partial charge < -0.3 is 38.5 Å². The molecule has 4 heterocycles. The maximum atomic E-state index is 12.0. The lowest BCUT2D eigenvalue weighted by Crippen LogP contribution is -2.68. The lowest BCUT2D eigenvalue weighted by molar-refractivity contribution is -0.0652. The largest absolute Gasteiger partial charge is 0.504 e. The van der Waals surface area contributed by atoms with E-state index in [1.807, 2.05) is 45.2 Å². The summed E-state index contributed by atoms with van der Waals surface area (Å²) in [6.45, 7) is 9.15. The van der Waals surface area contributed by atoms with Crippen LogP contribution in [0.2, 0.25) is 0 Å². The molecule has 0 radical (unpaired) electrons. The van der Waals surface area contributed by atoms with Crippen molar-refractivity contribution < 1.29 is 38.5 Å². The molecule has 2 saturated heterocycles. The number of phenolic OH excluding ortho intramolecular Hbond substituents is 2. The summed E-state index contributed by atoms with van der Waals surface area (Å²) in [6, 6.07) is 8.65. The molecule has 50 heavy (non-hydrogen) atoms. The minimum Gasteiger partial charge on any atom is -0.504 e. The second kappa shape index (κ2) is 12.6. The number of piperazine rings is 1. The van der Waals surface area contributed by atoms with Crippen molar-refractivity contribution in [2.75, 3.05) is 48.7 Å². The zero-order valence-electron chi connectivity index (χ0n) is 30.3. The van der Waals surface area contributed by atoms with Crippen molar-refractivity contribution in [2.45, 2.75) is 70.7 Å². The first kappa shape index (κ1) is 34.3. The van der Waals surface area contributed by atoms with E-state index in [0.29, 0.717) is 60.2 Å². The minimum atomic E-state index is -0.591. The summed E-state index contributed by atoms with van der Waals surface area (Å²) in [7, 11) is 7.88. The topological polar surface area (TPSA) is 126 Å². The van der Waals surface area contributed by atoms with E-state index in [0.717, 1.165) is 33.3 Å². The molecule has 11 nitrogen and oxygen atoms in total. The van der Waals surface area contributed by atoms with Crippen LogP contribution >= 0.6 is 0 Å². The monoisotopic (exact) mass is 683 g/mol. The predicted molar refractivity (Wildman–Crippen MR) is 188 cm³/mol. The molecule has 2 bridgehead atoms. The fourth-order valence-electron chi connectivity index (χ4n) is 9.13. The summed E-state index contributed by atoms with van der Waals surface area (Å²) in [5, 5.41) is 35.0. The van der Waals surface area contributed by atoms with Gasteiger partial charge in [-0.15, -0.1) is 0 Å². The van der Waals surface area contributed by atoms with E-state index in [-0.39, 0.29) is 35.0 Å². The van der Waals surface area contributed by atoms with E-state index in [2.05, 4.69) is 29.7 Å². The molecule has 4 aliphatic heterocycles. The average molecular weight is 684 g/mol. The molecule has 3 aromatic carbocycles. The maximum Gasteiger partial charge on any atom is 0.493 e. The van der Waals surface area contributed by atoms with E-state index in [4.69, 9.17) is 28.3 Å². The van der Waals surface area contributed by atoms with Gasteiger partial charge in [-0.3, -0.25) is 9.80 Å². The van der Waals surface area contributed by atoms with Crippen LogP contribution in [-0.2, 0) is 22.2 Å². The molecule has 2 N–H and O–H groups in total. The smallest absolute Gasteiger partial charge is 0.493 e. The number of likely N-dealkylation sites (N-methyl/N-ethyl adjacent to an activating group) is 1. The number of phenols is 2. The lowest BCUT2D eigenvalue weighted by atomic mass is 9.70. The molecule has 0 aromatic heterocycles. The highest BCUT2D eigenvalue weighted by Crippen LogP contribution is 2.59. The number of fused-ring (bicyclic) bond motifs is 7. The number of rotatable bonds is 6. The fraction of sp³-hybridized carbons (Fsp3) is 0.500. The second-order valence-corrected chi connectivity index (χ2v) is 14.7. The highest BCUT2D eigenvalue weighted by Gasteiger charge is 2.57. The zero-order valence-corrected chi connectivity index (χ0v) is 30.3. The van der Waals surface area contributed by atoms with Crippen molar-refractivity contribution in [3.05, 3.63) is 63.2 Å². The first-order valence-electron chi connectivity index (χ1n) is 17.1. The number of methoxy groups -OCH3 is 4. The Bertz CT molecular complexity index is 1870. The van der Waals surface area contributed by atoms with Crippen molar-refractivity contribution in [1.82, 2.24) is 9.80 Å². The van der Waals surface area contributed by atoms with Crippen molar-refractivity contribution in [3.8, 4) is 40.6 Å². The summed E-state index contributed by atoms with van der Waals surface area (Å²) in [5.41, 5.74) is 6.22. The zero-order chi connectivity index (χ0) is 35.8. The highest BCUT2D eigenvalue weighted by molar-refractivity contribution is 6.61. The first-order valence-corrected chi connectivity index (χ1v) is 17.1. The van der Waals surface area contributed by atoms with Crippen LogP contribution in [0.15, 0.2) is 24.3 Å². The van der Waals surface area contributed by atoms with E-state index < -0.39 is 19.2 Å². The van der Waals surface area contributed by atoms with Gasteiger partial charge in [0.15, 0.2) is 23.0 Å². The lowest BCUT2D eigenvalue weighted by Gasteiger charge is -2.60. The summed E-state index contributed by atoms with van der Waals surface area (Å²) in [6.07, 6.45) is 0.908. The van der Waals surface area contributed by atoms with Crippen LogP contribution in [0, 0.1) is 30.6 Å². The second-order valence-electron chi connectivity index (χ2n) is 14.7. The predicted octanol–water partition coefficient (Wildman–Crippen LogP) is 4.34. The van der Waals surface area contributed by atoms with Crippen LogP contribution in [0.4, 0.5) is 0 Å². The Labute approximate surface area is 294 Å². The maximum absolute atomic E-state index is 12.0. The van der Waals surface area contributed by atoms with Gasteiger partial charge in [-0.1, -0.05) is 38.1 Å². The molecule has 12 heteroatoms. The van der Waals surface area contributed by atoms with Crippen LogP contribution in [0.25, 0.3) is 0 Å². The third kappa shape index (κ3) is 4.93. The number of hydrogen-bond acceptors (Lipinski definition) is 11. The van der Waals surface area contributed by atoms with Gasteiger partial charge in [-0.05, 0) is 44.8 Å². The molecule has 0 saturated carbocycles. The average Bonchev–Trinajstić information content (AvgIpc) is 3.09. The number of hydrogen-bond donors (Lipinski definition) is 2. The summed E-state index contributed by atoms with van der Waals surface area (Å²) < 4.78 is 35.7. The fourth-order valence-corrected chi connectivity index (χ4v) is 9.13. The minimum absolute atomic E-state index is 0.0255. The van der Waals surface area contributed by atoms with Gasteiger partial charge in [-0.2, -0.15) is 5.26 Å². The highest BCUT2D eigenvalue weighted by atomic mass is 16.6. The Balaban J connectivity index is 1.46. The molecule has 0 amide bonds. The molecule has 1 unspecified atom stereocenters. The molecular weight excluding hydrogens is 637 g/mol. The van der Waals surface area contributed by atoms with Gasteiger partial charge in [0.2, 0.25) is 0 Å². The van der Waals surface area contributed by atoms with E-state index in [9.17, 15) is 15.5 Å². The third-order valence-corrected chi connectivity index (χ3v) is 11.3.